The van der Waals surface area contributed by atoms with E-state index in [1.165, 1.54) is 0 Å². The summed E-state index contributed by atoms with van der Waals surface area (Å²) < 4.78 is 6.17. The van der Waals surface area contributed by atoms with Gasteiger partial charge in [0.2, 0.25) is 0 Å². The van der Waals surface area contributed by atoms with Crippen LogP contribution >= 0.6 is 23.2 Å². The first-order valence-corrected chi connectivity index (χ1v) is 7.98. The van der Waals surface area contributed by atoms with E-state index in [4.69, 9.17) is 27.9 Å². The van der Waals surface area contributed by atoms with E-state index in [9.17, 15) is 0 Å². The van der Waals surface area contributed by atoms with Gasteiger partial charge in [0.05, 0.1) is 0 Å². The Bertz CT molecular complexity index is 440. The molecule has 1 fully saturated rings. The molecule has 1 aromatic carbocycles. The van der Waals surface area contributed by atoms with Gasteiger partial charge in [-0.1, -0.05) is 32.4 Å². The van der Waals surface area contributed by atoms with Crippen molar-refractivity contribution in [2.24, 2.45) is 5.41 Å². The van der Waals surface area contributed by atoms with Crippen LogP contribution in [0.4, 0.5) is 0 Å². The second-order valence-corrected chi connectivity index (χ2v) is 6.29. The van der Waals surface area contributed by atoms with Gasteiger partial charge < -0.3 is 4.74 Å². The molecule has 0 spiro atoms. The number of rotatable bonds is 5. The van der Waals surface area contributed by atoms with Crippen LogP contribution in [0, 0.1) is 5.41 Å². The smallest absolute Gasteiger partial charge is 0.120 e. The first kappa shape index (κ1) is 15.0. The van der Waals surface area contributed by atoms with E-state index in [1.807, 2.05) is 12.1 Å². The largest absolute Gasteiger partial charge is 0.490 e. The monoisotopic (exact) mass is 300 g/mol. The van der Waals surface area contributed by atoms with E-state index < -0.39 is 0 Å². The third kappa shape index (κ3) is 2.60. The average Bonchev–Trinajstić information content (AvgIpc) is 2.41. The van der Waals surface area contributed by atoms with Crippen LogP contribution in [0.5, 0.6) is 5.75 Å². The van der Waals surface area contributed by atoms with Crippen molar-refractivity contribution < 1.29 is 4.74 Å². The number of aryl methyl sites for hydroxylation is 1. The number of halogens is 2. The Labute approximate surface area is 126 Å². The van der Waals surface area contributed by atoms with Gasteiger partial charge >= 0.3 is 0 Å². The summed E-state index contributed by atoms with van der Waals surface area (Å²) in [5, 5.41) is 1.06. The minimum absolute atomic E-state index is 0.133. The van der Waals surface area contributed by atoms with Crippen LogP contribution < -0.4 is 4.74 Å². The van der Waals surface area contributed by atoms with Crippen molar-refractivity contribution in [3.8, 4) is 5.75 Å². The topological polar surface area (TPSA) is 9.23 Å². The molecule has 0 amide bonds. The molecule has 1 aliphatic rings. The Morgan fingerprint density at radius 2 is 1.95 bits per heavy atom. The number of hydrogen-bond acceptors (Lipinski definition) is 1. The molecule has 1 saturated carbocycles. The third-order valence-corrected chi connectivity index (χ3v) is 5.66. The molecule has 3 heteroatoms. The highest BCUT2D eigenvalue weighted by Gasteiger charge is 2.53. The molecule has 2 atom stereocenters. The van der Waals surface area contributed by atoms with E-state index in [-0.39, 0.29) is 16.9 Å². The molecule has 0 radical (unpaired) electrons. The molecule has 19 heavy (non-hydrogen) atoms. The van der Waals surface area contributed by atoms with Crippen molar-refractivity contribution in [1.82, 2.24) is 0 Å². The van der Waals surface area contributed by atoms with Crippen LogP contribution in [-0.4, -0.2) is 11.5 Å². The zero-order valence-corrected chi connectivity index (χ0v) is 13.4. The van der Waals surface area contributed by atoms with Crippen LogP contribution in [0.1, 0.15) is 45.6 Å². The van der Waals surface area contributed by atoms with E-state index >= 15 is 0 Å². The first-order chi connectivity index (χ1) is 9.07. The SMILES string of the molecule is CCc1cc(OC2CC(Cl)C2(CC)CC)ccc1Cl. The van der Waals surface area contributed by atoms with Crippen molar-refractivity contribution in [3.63, 3.8) is 0 Å². The molecule has 2 unspecified atom stereocenters. The minimum Gasteiger partial charge on any atom is -0.490 e. The summed E-state index contributed by atoms with van der Waals surface area (Å²) >= 11 is 12.6. The predicted molar refractivity (Wildman–Crippen MR) is 82.5 cm³/mol. The molecule has 1 aromatic rings. The number of benzene rings is 1. The molecule has 0 heterocycles. The standard InChI is InChI=1S/C16H22Cl2O/c1-4-11-9-12(7-8-13(11)17)19-15-10-14(18)16(15,5-2)6-3/h7-9,14-15H,4-6,10H2,1-3H3. The lowest BCUT2D eigenvalue weighted by Crippen LogP contribution is -2.56. The Kier molecular flexibility index (Phi) is 4.68. The van der Waals surface area contributed by atoms with Crippen LogP contribution in [0.25, 0.3) is 0 Å². The number of alkyl halides is 1. The summed E-state index contributed by atoms with van der Waals surface area (Å²) in [6, 6.07) is 5.94. The molecule has 0 saturated heterocycles. The summed E-state index contributed by atoms with van der Waals surface area (Å²) in [4.78, 5) is 0. The van der Waals surface area contributed by atoms with Crippen molar-refractivity contribution in [2.45, 2.75) is 57.9 Å². The fraction of sp³-hybridized carbons (Fsp3) is 0.625. The van der Waals surface area contributed by atoms with E-state index in [0.29, 0.717) is 0 Å². The summed E-state index contributed by atoms with van der Waals surface area (Å²) in [6.07, 6.45) is 4.22. The summed E-state index contributed by atoms with van der Waals surface area (Å²) in [7, 11) is 0. The van der Waals surface area contributed by atoms with Gasteiger partial charge in [0, 0.05) is 22.2 Å². The Morgan fingerprint density at radius 1 is 1.26 bits per heavy atom. The summed E-state index contributed by atoms with van der Waals surface area (Å²) in [6.45, 7) is 6.51. The normalized spacial score (nSPS) is 24.9. The molecule has 1 aliphatic carbocycles. The lowest BCUT2D eigenvalue weighted by atomic mass is 9.62. The van der Waals surface area contributed by atoms with Gasteiger partial charge in [-0.25, -0.2) is 0 Å². The van der Waals surface area contributed by atoms with E-state index in [2.05, 4.69) is 26.8 Å². The maximum absolute atomic E-state index is 6.42. The van der Waals surface area contributed by atoms with Gasteiger partial charge in [0.25, 0.3) is 0 Å². The fourth-order valence-corrected chi connectivity index (χ4v) is 3.93. The van der Waals surface area contributed by atoms with Gasteiger partial charge in [-0.15, -0.1) is 11.6 Å². The highest BCUT2D eigenvalue weighted by molar-refractivity contribution is 6.31. The van der Waals surface area contributed by atoms with Crippen LogP contribution in [0.2, 0.25) is 5.02 Å². The van der Waals surface area contributed by atoms with Gasteiger partial charge in [-0.3, -0.25) is 0 Å². The van der Waals surface area contributed by atoms with Crippen molar-refractivity contribution in [2.75, 3.05) is 0 Å². The number of hydrogen-bond donors (Lipinski definition) is 0. The van der Waals surface area contributed by atoms with E-state index in [0.717, 1.165) is 42.0 Å². The lowest BCUT2D eigenvalue weighted by Gasteiger charge is -2.52. The molecule has 0 N–H and O–H groups in total. The molecule has 0 aliphatic heterocycles. The molecule has 0 aromatic heterocycles. The lowest BCUT2D eigenvalue weighted by molar-refractivity contribution is -0.0462. The van der Waals surface area contributed by atoms with Gasteiger partial charge in [0.1, 0.15) is 11.9 Å². The highest BCUT2D eigenvalue weighted by atomic mass is 35.5. The number of ether oxygens (including phenoxy) is 1. The molecule has 1 nitrogen and oxygen atoms in total. The maximum Gasteiger partial charge on any atom is 0.120 e. The van der Waals surface area contributed by atoms with Crippen molar-refractivity contribution in [1.29, 1.82) is 0 Å². The maximum atomic E-state index is 6.42. The van der Waals surface area contributed by atoms with Crippen LogP contribution in [0.15, 0.2) is 18.2 Å². The van der Waals surface area contributed by atoms with Crippen molar-refractivity contribution in [3.05, 3.63) is 28.8 Å². The zero-order chi connectivity index (χ0) is 14.0. The minimum atomic E-state index is 0.133. The molecule has 0 bridgehead atoms. The molecule has 2 rings (SSSR count). The van der Waals surface area contributed by atoms with Gasteiger partial charge in [0.15, 0.2) is 0 Å². The molecule has 106 valence electrons. The zero-order valence-electron chi connectivity index (χ0n) is 11.9. The second kappa shape index (κ2) is 5.93. The summed E-state index contributed by atoms with van der Waals surface area (Å²) in [5.74, 6) is 0.918. The van der Waals surface area contributed by atoms with E-state index in [1.54, 1.807) is 0 Å². The first-order valence-electron chi connectivity index (χ1n) is 7.16. The molecular weight excluding hydrogens is 279 g/mol. The summed E-state index contributed by atoms with van der Waals surface area (Å²) in [5.41, 5.74) is 1.27. The van der Waals surface area contributed by atoms with Crippen LogP contribution in [-0.2, 0) is 6.42 Å². The fourth-order valence-electron chi connectivity index (χ4n) is 3.07. The third-order valence-electron chi connectivity index (χ3n) is 4.68. The highest BCUT2D eigenvalue weighted by Crippen LogP contribution is 2.51. The Balaban J connectivity index is 2.14. The van der Waals surface area contributed by atoms with Gasteiger partial charge in [-0.05, 0) is 43.0 Å². The average molecular weight is 301 g/mol. The molecular formula is C16H22Cl2O. The quantitative estimate of drug-likeness (QED) is 0.655. The van der Waals surface area contributed by atoms with Crippen molar-refractivity contribution >= 4 is 23.2 Å². The van der Waals surface area contributed by atoms with Gasteiger partial charge in [-0.2, -0.15) is 0 Å². The van der Waals surface area contributed by atoms with Crippen LogP contribution in [0.3, 0.4) is 0 Å². The predicted octanol–water partition coefficient (Wildman–Crippen LogP) is 5.47. The Morgan fingerprint density at radius 3 is 2.47 bits per heavy atom. The Hall–Kier alpha value is -0.400. The second-order valence-electron chi connectivity index (χ2n) is 5.36.